The van der Waals surface area contributed by atoms with E-state index in [0.717, 1.165) is 10.5 Å². The minimum absolute atomic E-state index is 0.104. The molecule has 6 heteroatoms. The van der Waals surface area contributed by atoms with E-state index in [1.165, 1.54) is 0 Å². The molecule has 1 fully saturated rings. The number of barbiturate groups is 1. The Kier molecular flexibility index (Phi) is 2.88. The van der Waals surface area contributed by atoms with Crippen molar-refractivity contribution in [3.63, 3.8) is 0 Å². The van der Waals surface area contributed by atoms with E-state index in [-0.39, 0.29) is 6.54 Å². The molecule has 88 valence electrons. The Labute approximate surface area is 97.4 Å². The first kappa shape index (κ1) is 11.3. The molecule has 0 spiro atoms. The van der Waals surface area contributed by atoms with Gasteiger partial charge in [0.15, 0.2) is 6.04 Å². The summed E-state index contributed by atoms with van der Waals surface area (Å²) >= 11 is 0. The molecule has 1 unspecified atom stereocenters. The molecular formula is C11H11N3O3. The maximum absolute atomic E-state index is 11.7. The van der Waals surface area contributed by atoms with Crippen molar-refractivity contribution in [3.8, 4) is 0 Å². The third-order valence-electron chi connectivity index (χ3n) is 2.47. The monoisotopic (exact) mass is 233 g/mol. The summed E-state index contributed by atoms with van der Waals surface area (Å²) < 4.78 is 0. The number of urea groups is 1. The highest BCUT2D eigenvalue weighted by atomic mass is 16.2. The zero-order valence-corrected chi connectivity index (χ0v) is 8.92. The van der Waals surface area contributed by atoms with E-state index in [0.29, 0.717) is 0 Å². The van der Waals surface area contributed by atoms with Crippen LogP contribution in [0.1, 0.15) is 5.56 Å². The highest BCUT2D eigenvalue weighted by molar-refractivity contribution is 6.18. The molecule has 1 heterocycles. The van der Waals surface area contributed by atoms with E-state index in [2.05, 4.69) is 0 Å². The fourth-order valence-electron chi connectivity index (χ4n) is 1.55. The van der Waals surface area contributed by atoms with Crippen molar-refractivity contribution in [1.82, 2.24) is 10.2 Å². The molecule has 0 aromatic heterocycles. The van der Waals surface area contributed by atoms with Crippen molar-refractivity contribution >= 4 is 17.8 Å². The fourth-order valence-corrected chi connectivity index (χ4v) is 1.55. The molecule has 1 aliphatic rings. The SMILES string of the molecule is NC1C(=O)NC(=O)N(Cc2ccccc2)C1=O. The van der Waals surface area contributed by atoms with Gasteiger partial charge in [0.25, 0.3) is 11.8 Å². The van der Waals surface area contributed by atoms with Gasteiger partial charge in [0, 0.05) is 0 Å². The lowest BCUT2D eigenvalue weighted by atomic mass is 10.1. The van der Waals surface area contributed by atoms with Gasteiger partial charge in [-0.2, -0.15) is 0 Å². The summed E-state index contributed by atoms with van der Waals surface area (Å²) in [5.74, 6) is -1.44. The van der Waals surface area contributed by atoms with Crippen LogP contribution in [-0.2, 0) is 16.1 Å². The first-order valence-electron chi connectivity index (χ1n) is 5.05. The van der Waals surface area contributed by atoms with Crippen molar-refractivity contribution in [1.29, 1.82) is 0 Å². The maximum Gasteiger partial charge on any atom is 0.331 e. The maximum atomic E-state index is 11.7. The summed E-state index contributed by atoms with van der Waals surface area (Å²) in [5.41, 5.74) is 6.16. The fraction of sp³-hybridized carbons (Fsp3) is 0.182. The van der Waals surface area contributed by atoms with Crippen LogP contribution in [0.25, 0.3) is 0 Å². The second-order valence-electron chi connectivity index (χ2n) is 3.68. The van der Waals surface area contributed by atoms with Crippen molar-refractivity contribution < 1.29 is 14.4 Å². The molecule has 3 N–H and O–H groups in total. The topological polar surface area (TPSA) is 92.5 Å². The van der Waals surface area contributed by atoms with Crippen LogP contribution in [0.5, 0.6) is 0 Å². The number of nitrogens with two attached hydrogens (primary N) is 1. The van der Waals surface area contributed by atoms with Crippen molar-refractivity contribution in [3.05, 3.63) is 35.9 Å². The summed E-state index contributed by atoms with van der Waals surface area (Å²) in [5, 5.41) is 2.03. The molecule has 2 rings (SSSR count). The molecule has 1 aromatic rings. The molecule has 0 bridgehead atoms. The third-order valence-corrected chi connectivity index (χ3v) is 2.47. The van der Waals surface area contributed by atoms with Crippen LogP contribution in [0, 0.1) is 0 Å². The Morgan fingerprint density at radius 1 is 1.18 bits per heavy atom. The minimum Gasteiger partial charge on any atom is -0.312 e. The summed E-state index contributed by atoms with van der Waals surface area (Å²) in [6.07, 6.45) is 0. The normalized spacial score (nSPS) is 20.4. The Hall–Kier alpha value is -2.21. The van der Waals surface area contributed by atoms with E-state index in [1.54, 1.807) is 24.3 Å². The van der Waals surface area contributed by atoms with E-state index in [9.17, 15) is 14.4 Å². The van der Waals surface area contributed by atoms with Gasteiger partial charge in [0.2, 0.25) is 0 Å². The van der Waals surface area contributed by atoms with E-state index >= 15 is 0 Å². The molecular weight excluding hydrogens is 222 g/mol. The lowest BCUT2D eigenvalue weighted by molar-refractivity contribution is -0.138. The number of rotatable bonds is 2. The quantitative estimate of drug-likeness (QED) is 0.679. The lowest BCUT2D eigenvalue weighted by Crippen LogP contribution is -2.63. The largest absolute Gasteiger partial charge is 0.331 e. The summed E-state index contributed by atoms with van der Waals surface area (Å²) in [6.45, 7) is 0.104. The Bertz CT molecular complexity index is 472. The molecule has 0 radical (unpaired) electrons. The molecule has 1 aliphatic heterocycles. The molecule has 0 aliphatic carbocycles. The number of carbonyl (C=O) groups excluding carboxylic acids is 3. The molecule has 17 heavy (non-hydrogen) atoms. The number of nitrogens with zero attached hydrogens (tertiary/aromatic N) is 1. The summed E-state index contributed by atoms with van der Waals surface area (Å²) in [6, 6.07) is 6.95. The van der Waals surface area contributed by atoms with Crippen LogP contribution in [0.4, 0.5) is 4.79 Å². The zero-order chi connectivity index (χ0) is 12.4. The van der Waals surface area contributed by atoms with Crippen molar-refractivity contribution in [2.24, 2.45) is 5.73 Å². The standard InChI is InChI=1S/C11H11N3O3/c12-8-9(15)13-11(17)14(10(8)16)6-7-4-2-1-3-5-7/h1-5,8H,6,12H2,(H,13,15,17). The van der Waals surface area contributed by atoms with Gasteiger partial charge in [0.1, 0.15) is 0 Å². The van der Waals surface area contributed by atoms with Crippen molar-refractivity contribution in [2.75, 3.05) is 0 Å². The van der Waals surface area contributed by atoms with Crippen LogP contribution in [0.2, 0.25) is 0 Å². The Morgan fingerprint density at radius 2 is 1.82 bits per heavy atom. The van der Waals surface area contributed by atoms with Gasteiger partial charge in [-0.25, -0.2) is 4.79 Å². The van der Waals surface area contributed by atoms with Crippen LogP contribution in [0.3, 0.4) is 0 Å². The van der Waals surface area contributed by atoms with Crippen LogP contribution < -0.4 is 11.1 Å². The molecule has 0 saturated carbocycles. The van der Waals surface area contributed by atoms with Gasteiger partial charge < -0.3 is 5.73 Å². The second kappa shape index (κ2) is 4.34. The number of benzene rings is 1. The van der Waals surface area contributed by atoms with E-state index < -0.39 is 23.9 Å². The summed E-state index contributed by atoms with van der Waals surface area (Å²) in [7, 11) is 0. The number of nitrogens with one attached hydrogen (secondary N) is 1. The Morgan fingerprint density at radius 3 is 2.47 bits per heavy atom. The third kappa shape index (κ3) is 2.16. The number of hydrogen-bond donors (Lipinski definition) is 2. The zero-order valence-electron chi connectivity index (χ0n) is 8.92. The van der Waals surface area contributed by atoms with Gasteiger partial charge in [-0.3, -0.25) is 19.8 Å². The first-order chi connectivity index (χ1) is 8.09. The number of carbonyl (C=O) groups is 3. The average molecular weight is 233 g/mol. The highest BCUT2D eigenvalue weighted by Gasteiger charge is 2.37. The van der Waals surface area contributed by atoms with Gasteiger partial charge >= 0.3 is 6.03 Å². The summed E-state index contributed by atoms with van der Waals surface area (Å²) in [4.78, 5) is 35.2. The number of imide groups is 2. The average Bonchev–Trinajstić information content (AvgIpc) is 2.33. The molecule has 6 nitrogen and oxygen atoms in total. The molecule has 1 atom stereocenters. The van der Waals surface area contributed by atoms with Crippen molar-refractivity contribution in [2.45, 2.75) is 12.6 Å². The Balaban J connectivity index is 2.18. The first-order valence-corrected chi connectivity index (χ1v) is 5.05. The number of hydrogen-bond acceptors (Lipinski definition) is 4. The highest BCUT2D eigenvalue weighted by Crippen LogP contribution is 2.09. The smallest absolute Gasteiger partial charge is 0.312 e. The van der Waals surface area contributed by atoms with Gasteiger partial charge in [0.05, 0.1) is 6.54 Å². The van der Waals surface area contributed by atoms with E-state index in [1.807, 2.05) is 11.4 Å². The van der Waals surface area contributed by atoms with Crippen LogP contribution >= 0.6 is 0 Å². The minimum atomic E-state index is -1.31. The lowest BCUT2D eigenvalue weighted by Gasteiger charge is -2.28. The van der Waals surface area contributed by atoms with Gasteiger partial charge in [-0.15, -0.1) is 0 Å². The number of amides is 4. The predicted molar refractivity (Wildman–Crippen MR) is 58.5 cm³/mol. The predicted octanol–water partition coefficient (Wildman–Crippen LogP) is -0.408. The van der Waals surface area contributed by atoms with Crippen LogP contribution in [0.15, 0.2) is 30.3 Å². The van der Waals surface area contributed by atoms with Gasteiger partial charge in [-0.05, 0) is 5.56 Å². The molecule has 1 saturated heterocycles. The van der Waals surface area contributed by atoms with Gasteiger partial charge in [-0.1, -0.05) is 30.3 Å². The van der Waals surface area contributed by atoms with E-state index in [4.69, 9.17) is 5.73 Å². The molecule has 1 aromatic carbocycles. The second-order valence-corrected chi connectivity index (χ2v) is 3.68. The van der Waals surface area contributed by atoms with Crippen LogP contribution in [-0.4, -0.2) is 28.8 Å². The molecule has 4 amide bonds.